The Kier molecular flexibility index (Phi) is 3.86. The molecule has 1 atom stereocenters. The molecule has 1 aromatic carbocycles. The number of pyridine rings is 1. The van der Waals surface area contributed by atoms with Crippen molar-refractivity contribution in [2.75, 3.05) is 12.8 Å². The third-order valence-electron chi connectivity index (χ3n) is 3.71. The predicted octanol–water partition coefficient (Wildman–Crippen LogP) is 2.90. The van der Waals surface area contributed by atoms with Gasteiger partial charge >= 0.3 is 0 Å². The Labute approximate surface area is 114 Å². The molecule has 0 saturated carbocycles. The van der Waals surface area contributed by atoms with Gasteiger partial charge in [-0.2, -0.15) is 0 Å². The molecule has 0 aliphatic rings. The van der Waals surface area contributed by atoms with Crippen LogP contribution in [0.5, 0.6) is 0 Å². The highest BCUT2D eigenvalue weighted by Crippen LogP contribution is 2.37. The number of likely N-dealkylation sites (N-methyl/N-ethyl adjacent to an activating group) is 1. The zero-order valence-electron chi connectivity index (χ0n) is 11.7. The molecule has 0 aliphatic carbocycles. The normalized spacial score (nSPS) is 13.2. The first-order chi connectivity index (χ1) is 9.07. The molecule has 2 rings (SSSR count). The number of anilines is 1. The van der Waals surface area contributed by atoms with Crippen LogP contribution < -0.4 is 11.1 Å². The maximum absolute atomic E-state index is 6.02. The minimum absolute atomic E-state index is 0.0762. The van der Waals surface area contributed by atoms with E-state index in [1.54, 1.807) is 6.20 Å². The lowest BCUT2D eigenvalue weighted by Crippen LogP contribution is -2.36. The van der Waals surface area contributed by atoms with Gasteiger partial charge in [-0.3, -0.25) is 0 Å². The maximum Gasteiger partial charge on any atom is 0.128 e. The summed E-state index contributed by atoms with van der Waals surface area (Å²) in [7, 11) is 1.96. The molecule has 3 heteroatoms. The van der Waals surface area contributed by atoms with Gasteiger partial charge in [0.1, 0.15) is 5.82 Å². The summed E-state index contributed by atoms with van der Waals surface area (Å²) in [6.07, 6.45) is 1.72. The summed E-state index contributed by atoms with van der Waals surface area (Å²) in [6.45, 7) is 4.44. The lowest BCUT2D eigenvalue weighted by Gasteiger charge is -2.35. The predicted molar refractivity (Wildman–Crippen MR) is 79.9 cm³/mol. The quantitative estimate of drug-likeness (QED) is 0.883. The SMILES string of the molecule is CNC(c1cccnc1N)C(C)(C)c1ccccc1. The molecule has 2 aromatic rings. The highest BCUT2D eigenvalue weighted by atomic mass is 14.9. The Morgan fingerprint density at radius 3 is 2.37 bits per heavy atom. The van der Waals surface area contributed by atoms with Crippen LogP contribution in [0.15, 0.2) is 48.7 Å². The Morgan fingerprint density at radius 2 is 1.79 bits per heavy atom. The summed E-state index contributed by atoms with van der Waals surface area (Å²) in [5.41, 5.74) is 8.26. The van der Waals surface area contributed by atoms with Gasteiger partial charge in [-0.05, 0) is 18.7 Å². The summed E-state index contributed by atoms with van der Waals surface area (Å²) in [5, 5.41) is 3.38. The van der Waals surface area contributed by atoms with Crippen LogP contribution in [0.3, 0.4) is 0 Å². The minimum atomic E-state index is -0.0762. The van der Waals surface area contributed by atoms with Gasteiger partial charge in [0.2, 0.25) is 0 Å². The Balaban J connectivity index is 2.45. The van der Waals surface area contributed by atoms with E-state index >= 15 is 0 Å². The number of hydrogen-bond donors (Lipinski definition) is 2. The number of nitrogens with two attached hydrogens (primary N) is 1. The summed E-state index contributed by atoms with van der Waals surface area (Å²) in [5.74, 6) is 0.589. The topological polar surface area (TPSA) is 50.9 Å². The summed E-state index contributed by atoms with van der Waals surface area (Å²) < 4.78 is 0. The van der Waals surface area contributed by atoms with E-state index in [-0.39, 0.29) is 11.5 Å². The first-order valence-electron chi connectivity index (χ1n) is 6.50. The highest BCUT2D eigenvalue weighted by molar-refractivity contribution is 5.44. The zero-order valence-corrected chi connectivity index (χ0v) is 11.7. The maximum atomic E-state index is 6.02. The molecular weight excluding hydrogens is 234 g/mol. The molecule has 3 N–H and O–H groups in total. The van der Waals surface area contributed by atoms with Crippen molar-refractivity contribution in [2.24, 2.45) is 0 Å². The lowest BCUT2D eigenvalue weighted by molar-refractivity contribution is 0.369. The molecule has 0 spiro atoms. The second-order valence-electron chi connectivity index (χ2n) is 5.29. The van der Waals surface area contributed by atoms with E-state index in [9.17, 15) is 0 Å². The van der Waals surface area contributed by atoms with Gasteiger partial charge in [-0.1, -0.05) is 50.2 Å². The van der Waals surface area contributed by atoms with E-state index in [2.05, 4.69) is 48.4 Å². The summed E-state index contributed by atoms with van der Waals surface area (Å²) >= 11 is 0. The molecule has 0 radical (unpaired) electrons. The molecule has 1 aromatic heterocycles. The minimum Gasteiger partial charge on any atom is -0.383 e. The average molecular weight is 255 g/mol. The number of aromatic nitrogens is 1. The van der Waals surface area contributed by atoms with Crippen molar-refractivity contribution in [3.63, 3.8) is 0 Å². The Hall–Kier alpha value is -1.87. The molecule has 0 aliphatic heterocycles. The number of benzene rings is 1. The van der Waals surface area contributed by atoms with Crippen molar-refractivity contribution in [1.82, 2.24) is 10.3 Å². The number of nitrogens with zero attached hydrogens (tertiary/aromatic N) is 1. The van der Waals surface area contributed by atoms with Crippen molar-refractivity contribution >= 4 is 5.82 Å². The van der Waals surface area contributed by atoms with Crippen LogP contribution in [0.25, 0.3) is 0 Å². The fraction of sp³-hybridized carbons (Fsp3) is 0.312. The second-order valence-corrected chi connectivity index (χ2v) is 5.29. The monoisotopic (exact) mass is 255 g/mol. The van der Waals surface area contributed by atoms with E-state index in [0.717, 1.165) is 5.56 Å². The van der Waals surface area contributed by atoms with Gasteiger partial charge in [0.05, 0.1) is 0 Å². The standard InChI is InChI=1S/C16H21N3/c1-16(2,12-8-5-4-6-9-12)14(18-3)13-10-7-11-19-15(13)17/h4-11,14,18H,1-3H3,(H2,17,19). The van der Waals surface area contributed by atoms with Crippen LogP contribution in [-0.4, -0.2) is 12.0 Å². The molecule has 100 valence electrons. The summed E-state index contributed by atoms with van der Waals surface area (Å²) in [6, 6.07) is 14.5. The molecule has 0 saturated heterocycles. The van der Waals surface area contributed by atoms with Crippen molar-refractivity contribution in [1.29, 1.82) is 0 Å². The van der Waals surface area contributed by atoms with Gasteiger partial charge in [0, 0.05) is 23.2 Å². The average Bonchev–Trinajstić information content (AvgIpc) is 2.42. The van der Waals surface area contributed by atoms with E-state index in [1.165, 1.54) is 5.56 Å². The van der Waals surface area contributed by atoms with Gasteiger partial charge in [-0.15, -0.1) is 0 Å². The lowest BCUT2D eigenvalue weighted by atomic mass is 9.75. The van der Waals surface area contributed by atoms with Crippen LogP contribution in [0.1, 0.15) is 31.0 Å². The van der Waals surface area contributed by atoms with Crippen molar-refractivity contribution in [3.05, 3.63) is 59.8 Å². The second kappa shape index (κ2) is 5.41. The first-order valence-corrected chi connectivity index (χ1v) is 6.50. The first kappa shape index (κ1) is 13.6. The molecule has 0 amide bonds. The Morgan fingerprint density at radius 1 is 1.11 bits per heavy atom. The van der Waals surface area contributed by atoms with Crippen LogP contribution >= 0.6 is 0 Å². The highest BCUT2D eigenvalue weighted by Gasteiger charge is 2.32. The molecule has 0 fully saturated rings. The third kappa shape index (κ3) is 2.61. The van der Waals surface area contributed by atoms with Gasteiger partial charge < -0.3 is 11.1 Å². The number of nitrogens with one attached hydrogen (secondary N) is 1. The molecule has 0 bridgehead atoms. The van der Waals surface area contributed by atoms with Crippen LogP contribution in [0, 0.1) is 0 Å². The van der Waals surface area contributed by atoms with Crippen molar-refractivity contribution in [3.8, 4) is 0 Å². The molecule has 3 nitrogen and oxygen atoms in total. The van der Waals surface area contributed by atoms with Crippen LogP contribution in [-0.2, 0) is 5.41 Å². The fourth-order valence-electron chi connectivity index (χ4n) is 2.61. The van der Waals surface area contributed by atoms with Crippen LogP contribution in [0.2, 0.25) is 0 Å². The van der Waals surface area contributed by atoms with Gasteiger partial charge in [0.25, 0.3) is 0 Å². The molecule has 1 heterocycles. The van der Waals surface area contributed by atoms with E-state index < -0.39 is 0 Å². The number of rotatable bonds is 4. The zero-order chi connectivity index (χ0) is 13.9. The Bertz CT molecular complexity index is 535. The molecular formula is C16H21N3. The van der Waals surface area contributed by atoms with E-state index in [0.29, 0.717) is 5.82 Å². The molecule has 1 unspecified atom stereocenters. The fourth-order valence-corrected chi connectivity index (χ4v) is 2.61. The third-order valence-corrected chi connectivity index (χ3v) is 3.71. The van der Waals surface area contributed by atoms with Gasteiger partial charge in [0.15, 0.2) is 0 Å². The van der Waals surface area contributed by atoms with E-state index in [1.807, 2.05) is 25.2 Å². The van der Waals surface area contributed by atoms with Crippen molar-refractivity contribution < 1.29 is 0 Å². The van der Waals surface area contributed by atoms with Crippen LogP contribution in [0.4, 0.5) is 5.82 Å². The number of nitrogen functional groups attached to an aromatic ring is 1. The largest absolute Gasteiger partial charge is 0.383 e. The number of hydrogen-bond acceptors (Lipinski definition) is 3. The molecule has 19 heavy (non-hydrogen) atoms. The van der Waals surface area contributed by atoms with Gasteiger partial charge in [-0.25, -0.2) is 4.98 Å². The smallest absolute Gasteiger partial charge is 0.128 e. The van der Waals surface area contributed by atoms with Crippen molar-refractivity contribution in [2.45, 2.75) is 25.3 Å². The summed E-state index contributed by atoms with van der Waals surface area (Å²) in [4.78, 5) is 4.19. The van der Waals surface area contributed by atoms with E-state index in [4.69, 9.17) is 5.73 Å².